The summed E-state index contributed by atoms with van der Waals surface area (Å²) in [6.07, 6.45) is 4.17. The third kappa shape index (κ3) is 3.65. The Bertz CT molecular complexity index is 679. The Morgan fingerprint density at radius 2 is 2.09 bits per heavy atom. The molecule has 2 aromatic rings. The van der Waals surface area contributed by atoms with Crippen LogP contribution in [0.5, 0.6) is 0 Å². The van der Waals surface area contributed by atoms with Gasteiger partial charge in [-0.25, -0.2) is 4.98 Å². The normalized spacial score (nSPS) is 15.9. The van der Waals surface area contributed by atoms with Crippen LogP contribution in [0.15, 0.2) is 34.1 Å². The molecule has 1 aromatic heterocycles. The summed E-state index contributed by atoms with van der Waals surface area (Å²) >= 11 is 4.97. The summed E-state index contributed by atoms with van der Waals surface area (Å²) in [5, 5.41) is 5.81. The lowest BCUT2D eigenvalue weighted by molar-refractivity contribution is 0.0923. The molecule has 1 saturated carbocycles. The third-order valence-electron chi connectivity index (χ3n) is 4.50. The Balaban J connectivity index is 1.65. The number of thiazole rings is 1. The van der Waals surface area contributed by atoms with Crippen LogP contribution in [0.1, 0.15) is 40.3 Å². The van der Waals surface area contributed by atoms with Crippen LogP contribution in [0.4, 0.5) is 0 Å². The van der Waals surface area contributed by atoms with Crippen molar-refractivity contribution in [2.24, 2.45) is 5.73 Å². The second-order valence-electron chi connectivity index (χ2n) is 5.99. The first-order valence-electron chi connectivity index (χ1n) is 7.82. The molecule has 23 heavy (non-hydrogen) atoms. The van der Waals surface area contributed by atoms with Gasteiger partial charge in [0.25, 0.3) is 5.91 Å². The molecule has 0 saturated heterocycles. The molecule has 1 heterocycles. The average molecular weight is 394 g/mol. The number of hydrogen-bond donors (Lipinski definition) is 2. The summed E-state index contributed by atoms with van der Waals surface area (Å²) in [7, 11) is 0. The van der Waals surface area contributed by atoms with E-state index in [-0.39, 0.29) is 11.3 Å². The number of nitrogens with zero attached hydrogens (tertiary/aromatic N) is 1. The van der Waals surface area contributed by atoms with Gasteiger partial charge < -0.3 is 11.1 Å². The molecule has 122 valence electrons. The minimum Gasteiger partial charge on any atom is -0.350 e. The molecule has 0 spiro atoms. The molecule has 1 aliphatic rings. The van der Waals surface area contributed by atoms with Gasteiger partial charge in [0.1, 0.15) is 5.69 Å². The molecule has 0 aliphatic heterocycles. The largest absolute Gasteiger partial charge is 0.350 e. The number of nitrogens with two attached hydrogens (primary N) is 1. The zero-order valence-corrected chi connectivity index (χ0v) is 15.3. The van der Waals surface area contributed by atoms with Gasteiger partial charge in [0.05, 0.1) is 5.01 Å². The summed E-state index contributed by atoms with van der Waals surface area (Å²) in [5.74, 6) is -0.0899. The van der Waals surface area contributed by atoms with Gasteiger partial charge in [-0.1, -0.05) is 34.5 Å². The molecule has 6 heteroatoms. The first-order chi connectivity index (χ1) is 11.1. The Kier molecular flexibility index (Phi) is 5.14. The molecular weight excluding hydrogens is 374 g/mol. The number of carbonyl (C=O) groups excluding carboxylic acids is 1. The summed E-state index contributed by atoms with van der Waals surface area (Å²) in [6.45, 7) is 1.22. The maximum atomic E-state index is 12.3. The van der Waals surface area contributed by atoms with E-state index in [1.165, 1.54) is 23.3 Å². The van der Waals surface area contributed by atoms with Crippen molar-refractivity contribution in [3.05, 3.63) is 50.4 Å². The maximum absolute atomic E-state index is 12.3. The molecule has 0 atom stereocenters. The summed E-state index contributed by atoms with van der Waals surface area (Å²) in [6, 6.07) is 8.43. The van der Waals surface area contributed by atoms with Crippen molar-refractivity contribution in [2.45, 2.75) is 31.1 Å². The minimum absolute atomic E-state index is 0.0759. The lowest BCUT2D eigenvalue weighted by Crippen LogP contribution is -2.45. The Labute approximate surface area is 148 Å². The van der Waals surface area contributed by atoms with Gasteiger partial charge >= 0.3 is 0 Å². The van der Waals surface area contributed by atoms with Crippen molar-refractivity contribution in [3.63, 3.8) is 0 Å². The van der Waals surface area contributed by atoms with E-state index in [1.807, 2.05) is 5.38 Å². The van der Waals surface area contributed by atoms with E-state index in [2.05, 4.69) is 50.5 Å². The van der Waals surface area contributed by atoms with Gasteiger partial charge in [-0.3, -0.25) is 4.79 Å². The van der Waals surface area contributed by atoms with E-state index in [9.17, 15) is 4.79 Å². The van der Waals surface area contributed by atoms with Gasteiger partial charge in [0, 0.05) is 28.2 Å². The van der Waals surface area contributed by atoms with E-state index in [0.29, 0.717) is 18.8 Å². The predicted octanol–water partition coefficient (Wildman–Crippen LogP) is 3.26. The Morgan fingerprint density at radius 1 is 1.35 bits per heavy atom. The molecule has 1 aliphatic carbocycles. The van der Waals surface area contributed by atoms with Crippen LogP contribution < -0.4 is 11.1 Å². The van der Waals surface area contributed by atoms with E-state index in [0.717, 1.165) is 28.7 Å². The highest BCUT2D eigenvalue weighted by atomic mass is 79.9. The van der Waals surface area contributed by atoms with Gasteiger partial charge in [-0.05, 0) is 37.1 Å². The molecule has 1 aromatic carbocycles. The number of benzene rings is 1. The van der Waals surface area contributed by atoms with Crippen LogP contribution in [-0.4, -0.2) is 24.0 Å². The number of rotatable bonds is 6. The molecule has 0 radical (unpaired) electrons. The standard InChI is InChI=1S/C17H20BrN3OS/c18-13-4-2-12(3-5-13)17(7-1-8-17)11-20-16(22)14-10-23-15(21-14)6-9-19/h2-5,10H,1,6-9,11,19H2,(H,20,22). The highest BCUT2D eigenvalue weighted by Crippen LogP contribution is 2.43. The van der Waals surface area contributed by atoms with Gasteiger partial charge in [-0.2, -0.15) is 0 Å². The fourth-order valence-electron chi connectivity index (χ4n) is 2.97. The van der Waals surface area contributed by atoms with Crippen LogP contribution in [0, 0.1) is 0 Å². The Morgan fingerprint density at radius 3 is 2.70 bits per heavy atom. The van der Waals surface area contributed by atoms with Gasteiger partial charge in [-0.15, -0.1) is 11.3 Å². The number of aromatic nitrogens is 1. The number of amides is 1. The zero-order chi connectivity index (χ0) is 16.3. The van der Waals surface area contributed by atoms with E-state index in [4.69, 9.17) is 5.73 Å². The minimum atomic E-state index is -0.0899. The maximum Gasteiger partial charge on any atom is 0.270 e. The number of carbonyl (C=O) groups is 1. The highest BCUT2D eigenvalue weighted by Gasteiger charge is 2.38. The summed E-state index contributed by atoms with van der Waals surface area (Å²) < 4.78 is 1.08. The van der Waals surface area contributed by atoms with Crippen LogP contribution in [0.25, 0.3) is 0 Å². The predicted molar refractivity (Wildman–Crippen MR) is 96.9 cm³/mol. The molecule has 0 bridgehead atoms. The smallest absolute Gasteiger partial charge is 0.270 e. The molecular formula is C17H20BrN3OS. The van der Waals surface area contributed by atoms with Crippen LogP contribution in [0.2, 0.25) is 0 Å². The van der Waals surface area contributed by atoms with Crippen molar-refractivity contribution >= 4 is 33.2 Å². The van der Waals surface area contributed by atoms with E-state index in [1.54, 1.807) is 0 Å². The topological polar surface area (TPSA) is 68.0 Å². The lowest BCUT2D eigenvalue weighted by Gasteiger charge is -2.42. The molecule has 0 unspecified atom stereocenters. The van der Waals surface area contributed by atoms with Crippen molar-refractivity contribution in [1.29, 1.82) is 0 Å². The van der Waals surface area contributed by atoms with Crippen LogP contribution >= 0.6 is 27.3 Å². The zero-order valence-electron chi connectivity index (χ0n) is 12.8. The average Bonchev–Trinajstić information content (AvgIpc) is 2.97. The first-order valence-corrected chi connectivity index (χ1v) is 9.49. The molecule has 4 nitrogen and oxygen atoms in total. The third-order valence-corrected chi connectivity index (χ3v) is 5.93. The fourth-order valence-corrected chi connectivity index (χ4v) is 4.03. The second kappa shape index (κ2) is 7.11. The molecule has 1 amide bonds. The van der Waals surface area contributed by atoms with E-state index < -0.39 is 0 Å². The van der Waals surface area contributed by atoms with E-state index >= 15 is 0 Å². The van der Waals surface area contributed by atoms with Crippen molar-refractivity contribution in [1.82, 2.24) is 10.3 Å². The van der Waals surface area contributed by atoms with Crippen LogP contribution in [-0.2, 0) is 11.8 Å². The number of halogens is 1. The molecule has 1 fully saturated rings. The summed E-state index contributed by atoms with van der Waals surface area (Å²) in [5.41, 5.74) is 7.40. The fraction of sp³-hybridized carbons (Fsp3) is 0.412. The van der Waals surface area contributed by atoms with Crippen molar-refractivity contribution in [2.75, 3.05) is 13.1 Å². The molecule has 3 rings (SSSR count). The quantitative estimate of drug-likeness (QED) is 0.790. The highest BCUT2D eigenvalue weighted by molar-refractivity contribution is 9.10. The van der Waals surface area contributed by atoms with Crippen molar-refractivity contribution < 1.29 is 4.79 Å². The first kappa shape index (κ1) is 16.6. The monoisotopic (exact) mass is 393 g/mol. The van der Waals surface area contributed by atoms with Gasteiger partial charge in [0.2, 0.25) is 0 Å². The van der Waals surface area contributed by atoms with Crippen molar-refractivity contribution in [3.8, 4) is 0 Å². The lowest BCUT2D eigenvalue weighted by atomic mass is 9.64. The number of nitrogens with one attached hydrogen (secondary N) is 1. The second-order valence-corrected chi connectivity index (χ2v) is 7.85. The number of hydrogen-bond acceptors (Lipinski definition) is 4. The molecule has 3 N–H and O–H groups in total. The van der Waals surface area contributed by atoms with Gasteiger partial charge in [0.15, 0.2) is 0 Å². The van der Waals surface area contributed by atoms with Crippen LogP contribution in [0.3, 0.4) is 0 Å². The summed E-state index contributed by atoms with van der Waals surface area (Å²) in [4.78, 5) is 16.7. The SMILES string of the molecule is NCCc1nc(C(=O)NCC2(c3ccc(Br)cc3)CCC2)cs1. The Hall–Kier alpha value is -1.24.